The summed E-state index contributed by atoms with van der Waals surface area (Å²) in [6.07, 6.45) is 9.77. The first-order valence-electron chi connectivity index (χ1n) is 8.49. The maximum atomic E-state index is 6.02. The Morgan fingerprint density at radius 2 is 2.05 bits per heavy atom. The number of nitrogens with zero attached hydrogens (tertiary/aromatic N) is 2. The maximum absolute atomic E-state index is 6.02. The van der Waals surface area contributed by atoms with E-state index >= 15 is 0 Å². The summed E-state index contributed by atoms with van der Waals surface area (Å²) >= 11 is 7.71. The van der Waals surface area contributed by atoms with Crippen LogP contribution in [0.5, 0.6) is 0 Å². The lowest BCUT2D eigenvalue weighted by molar-refractivity contribution is 0.329. The molecule has 0 unspecified atom stereocenters. The maximum Gasteiger partial charge on any atom is 0.231 e. The van der Waals surface area contributed by atoms with E-state index in [9.17, 15) is 0 Å². The van der Waals surface area contributed by atoms with Crippen molar-refractivity contribution < 1.29 is 4.42 Å². The predicted molar refractivity (Wildman–Crippen MR) is 93.4 cm³/mol. The standard InChI is InChI=1S/C17H22N2OS2/c1-2-22-17-18-15-14(12-9-6-10-13(12)20-15)16(21)19(17)11-7-4-3-5-8-11/h11H,2-10H2,1H3. The molecule has 2 aliphatic carbocycles. The van der Waals surface area contributed by atoms with Crippen LogP contribution in [-0.2, 0) is 12.8 Å². The van der Waals surface area contributed by atoms with E-state index in [-0.39, 0.29) is 0 Å². The van der Waals surface area contributed by atoms with E-state index in [1.807, 2.05) is 0 Å². The second-order valence-corrected chi connectivity index (χ2v) is 7.95. The number of furan rings is 1. The molecule has 22 heavy (non-hydrogen) atoms. The minimum Gasteiger partial charge on any atom is -0.442 e. The molecule has 0 radical (unpaired) electrons. The molecule has 0 atom stereocenters. The van der Waals surface area contributed by atoms with Crippen LogP contribution in [0, 0.1) is 4.64 Å². The highest BCUT2D eigenvalue weighted by Crippen LogP contribution is 2.38. The van der Waals surface area contributed by atoms with Crippen molar-refractivity contribution in [2.75, 3.05) is 5.75 Å². The van der Waals surface area contributed by atoms with Crippen molar-refractivity contribution in [3.8, 4) is 0 Å². The normalized spacial score (nSPS) is 19.0. The lowest BCUT2D eigenvalue weighted by Crippen LogP contribution is -2.17. The van der Waals surface area contributed by atoms with Gasteiger partial charge in [-0.05, 0) is 31.4 Å². The van der Waals surface area contributed by atoms with Gasteiger partial charge in [0.2, 0.25) is 5.71 Å². The van der Waals surface area contributed by atoms with Gasteiger partial charge in [-0.2, -0.15) is 4.98 Å². The molecule has 4 rings (SSSR count). The molecule has 0 bridgehead atoms. The fraction of sp³-hybridized carbons (Fsp3) is 0.647. The number of fused-ring (bicyclic) bond motifs is 3. The topological polar surface area (TPSA) is 31.0 Å². The van der Waals surface area contributed by atoms with Gasteiger partial charge in [0.25, 0.3) is 0 Å². The summed E-state index contributed by atoms with van der Waals surface area (Å²) in [4.78, 5) is 4.86. The van der Waals surface area contributed by atoms with Gasteiger partial charge in [-0.15, -0.1) is 0 Å². The molecule has 0 spiro atoms. The third kappa shape index (κ3) is 2.33. The van der Waals surface area contributed by atoms with E-state index in [2.05, 4.69) is 11.5 Å². The van der Waals surface area contributed by atoms with Crippen LogP contribution in [-0.4, -0.2) is 15.3 Å². The Kier molecular flexibility index (Phi) is 4.03. The van der Waals surface area contributed by atoms with E-state index in [1.165, 1.54) is 44.1 Å². The molecule has 0 aromatic carbocycles. The van der Waals surface area contributed by atoms with E-state index in [0.29, 0.717) is 6.04 Å². The zero-order valence-corrected chi connectivity index (χ0v) is 14.7. The summed E-state index contributed by atoms with van der Waals surface area (Å²) in [5.74, 6) is 2.14. The largest absolute Gasteiger partial charge is 0.442 e. The molecule has 0 amide bonds. The molecule has 2 heterocycles. The van der Waals surface area contributed by atoms with Crippen LogP contribution >= 0.6 is 24.0 Å². The number of aryl methyl sites for hydroxylation is 2. The zero-order valence-electron chi connectivity index (χ0n) is 13.1. The van der Waals surface area contributed by atoms with Crippen LogP contribution in [0.15, 0.2) is 9.57 Å². The summed E-state index contributed by atoms with van der Waals surface area (Å²) in [5.41, 5.74) is 2.11. The third-order valence-electron chi connectivity index (χ3n) is 4.95. The Balaban J connectivity index is 1.93. The number of hydrogen-bond donors (Lipinski definition) is 0. The first-order valence-corrected chi connectivity index (χ1v) is 9.88. The van der Waals surface area contributed by atoms with Crippen molar-refractivity contribution in [3.63, 3.8) is 0 Å². The SMILES string of the molecule is CCSc1nc2oc3c(c2c(=S)n1C1CCCCC1)CCC3. The fourth-order valence-corrected chi connectivity index (χ4v) is 5.22. The molecule has 2 aliphatic rings. The Morgan fingerprint density at radius 1 is 1.23 bits per heavy atom. The minimum atomic E-state index is 0.527. The first-order chi connectivity index (χ1) is 10.8. The van der Waals surface area contributed by atoms with Crippen LogP contribution in [0.2, 0.25) is 0 Å². The molecule has 2 aromatic rings. The predicted octanol–water partition coefficient (Wildman–Crippen LogP) is 5.46. The molecular formula is C17H22N2OS2. The smallest absolute Gasteiger partial charge is 0.231 e. The molecule has 1 fully saturated rings. The third-order valence-corrected chi connectivity index (χ3v) is 6.19. The van der Waals surface area contributed by atoms with Gasteiger partial charge in [0.15, 0.2) is 5.16 Å². The van der Waals surface area contributed by atoms with Crippen LogP contribution in [0.3, 0.4) is 0 Å². The van der Waals surface area contributed by atoms with Crippen molar-refractivity contribution in [3.05, 3.63) is 16.0 Å². The molecule has 1 saturated carbocycles. The molecule has 0 saturated heterocycles. The molecule has 0 N–H and O–H groups in total. The van der Waals surface area contributed by atoms with E-state index in [4.69, 9.17) is 21.6 Å². The van der Waals surface area contributed by atoms with Crippen molar-refractivity contribution in [1.29, 1.82) is 0 Å². The minimum absolute atomic E-state index is 0.527. The number of hydrogen-bond acceptors (Lipinski definition) is 4. The number of thioether (sulfide) groups is 1. The average molecular weight is 335 g/mol. The highest BCUT2D eigenvalue weighted by molar-refractivity contribution is 7.99. The summed E-state index contributed by atoms with van der Waals surface area (Å²) in [7, 11) is 0. The number of rotatable bonds is 3. The molecule has 5 heteroatoms. The van der Waals surface area contributed by atoms with Crippen molar-refractivity contribution in [2.45, 2.75) is 69.5 Å². The lowest BCUT2D eigenvalue weighted by atomic mass is 9.95. The Morgan fingerprint density at radius 3 is 2.82 bits per heavy atom. The molecule has 118 valence electrons. The second kappa shape index (κ2) is 6.00. The molecule has 3 nitrogen and oxygen atoms in total. The Labute approximate surface area is 140 Å². The summed E-state index contributed by atoms with van der Waals surface area (Å²) in [6.45, 7) is 2.17. The fourth-order valence-electron chi connectivity index (χ4n) is 3.93. The molecular weight excluding hydrogens is 312 g/mol. The summed E-state index contributed by atoms with van der Waals surface area (Å²) in [5, 5.41) is 2.19. The van der Waals surface area contributed by atoms with Gasteiger partial charge in [0, 0.05) is 18.0 Å². The van der Waals surface area contributed by atoms with Crippen LogP contribution in [0.1, 0.15) is 62.8 Å². The van der Waals surface area contributed by atoms with E-state index in [0.717, 1.165) is 45.3 Å². The molecule has 0 aliphatic heterocycles. The monoisotopic (exact) mass is 334 g/mol. The van der Waals surface area contributed by atoms with Gasteiger partial charge in [0.05, 0.1) is 5.39 Å². The van der Waals surface area contributed by atoms with Crippen LogP contribution in [0.25, 0.3) is 11.1 Å². The van der Waals surface area contributed by atoms with Gasteiger partial charge in [-0.25, -0.2) is 0 Å². The van der Waals surface area contributed by atoms with Gasteiger partial charge in [-0.1, -0.05) is 50.2 Å². The zero-order chi connectivity index (χ0) is 15.1. The van der Waals surface area contributed by atoms with Crippen LogP contribution in [0.4, 0.5) is 0 Å². The van der Waals surface area contributed by atoms with Gasteiger partial charge in [-0.3, -0.25) is 0 Å². The van der Waals surface area contributed by atoms with Crippen LogP contribution < -0.4 is 0 Å². The van der Waals surface area contributed by atoms with Crippen molar-refractivity contribution in [2.24, 2.45) is 0 Å². The summed E-state index contributed by atoms with van der Waals surface area (Å²) in [6, 6.07) is 0.527. The lowest BCUT2D eigenvalue weighted by Gasteiger charge is -2.26. The highest BCUT2D eigenvalue weighted by atomic mass is 32.2. The Bertz CT molecular complexity index is 756. The van der Waals surface area contributed by atoms with Gasteiger partial charge < -0.3 is 8.98 Å². The Hall–Kier alpha value is -0.810. The van der Waals surface area contributed by atoms with Gasteiger partial charge in [0.1, 0.15) is 10.4 Å². The average Bonchev–Trinajstić information content (AvgIpc) is 3.09. The van der Waals surface area contributed by atoms with Crippen molar-refractivity contribution in [1.82, 2.24) is 9.55 Å². The molecule has 2 aromatic heterocycles. The van der Waals surface area contributed by atoms with E-state index in [1.54, 1.807) is 11.8 Å². The highest BCUT2D eigenvalue weighted by Gasteiger charge is 2.26. The first kappa shape index (κ1) is 14.8. The second-order valence-electron chi connectivity index (χ2n) is 6.33. The summed E-state index contributed by atoms with van der Waals surface area (Å²) < 4.78 is 9.35. The number of aromatic nitrogens is 2. The van der Waals surface area contributed by atoms with E-state index < -0.39 is 0 Å². The van der Waals surface area contributed by atoms with Crippen molar-refractivity contribution >= 4 is 35.1 Å². The quantitative estimate of drug-likeness (QED) is 0.423. The van der Waals surface area contributed by atoms with Gasteiger partial charge >= 0.3 is 0 Å².